The minimum atomic E-state index is -0.790. The average molecular weight is 283 g/mol. The van der Waals surface area contributed by atoms with E-state index in [0.717, 1.165) is 0 Å². The molecule has 0 saturated carbocycles. The number of methoxy groups -OCH3 is 1. The molecule has 0 aliphatic carbocycles. The maximum absolute atomic E-state index is 10.9. The third-order valence-corrected chi connectivity index (χ3v) is 2.56. The van der Waals surface area contributed by atoms with Gasteiger partial charge in [-0.1, -0.05) is 5.16 Å². The minimum absolute atomic E-state index is 0.130. The lowest BCUT2D eigenvalue weighted by Gasteiger charge is -2.02. The first-order chi connectivity index (χ1) is 9.02. The third kappa shape index (κ3) is 2.55. The lowest BCUT2D eigenvalue weighted by atomic mass is 10.1. The molecule has 0 radical (unpaired) electrons. The molecule has 0 aliphatic heterocycles. The smallest absolute Gasteiger partial charge is 0.311 e. The van der Waals surface area contributed by atoms with Crippen LogP contribution < -0.4 is 4.74 Å². The largest absolute Gasteiger partial charge is 0.490 e. The molecule has 1 aromatic carbocycles. The van der Waals surface area contributed by atoms with Gasteiger partial charge >= 0.3 is 5.69 Å². The van der Waals surface area contributed by atoms with Gasteiger partial charge in [0.1, 0.15) is 5.69 Å². The fourth-order valence-corrected chi connectivity index (χ4v) is 1.58. The fourth-order valence-electron chi connectivity index (χ4n) is 1.50. The summed E-state index contributed by atoms with van der Waals surface area (Å²) < 4.78 is 9.59. The molecule has 0 bridgehead atoms. The zero-order valence-electron chi connectivity index (χ0n) is 9.62. The summed E-state index contributed by atoms with van der Waals surface area (Å²) >= 11 is 5.23. The number of carbonyl (C=O) groups is 1. The van der Waals surface area contributed by atoms with Gasteiger partial charge in [-0.25, -0.2) is 0 Å². The van der Waals surface area contributed by atoms with Crippen LogP contribution in [-0.4, -0.2) is 22.4 Å². The van der Waals surface area contributed by atoms with Gasteiger partial charge in [0, 0.05) is 17.7 Å². The van der Waals surface area contributed by atoms with Crippen molar-refractivity contribution in [3.8, 4) is 17.0 Å². The molecular formula is C11H7ClN2O5. The quantitative estimate of drug-likeness (QED) is 0.486. The Morgan fingerprint density at radius 1 is 1.47 bits per heavy atom. The highest BCUT2D eigenvalue weighted by molar-refractivity contribution is 6.67. The van der Waals surface area contributed by atoms with Gasteiger partial charge in [-0.2, -0.15) is 0 Å². The zero-order chi connectivity index (χ0) is 14.0. The SMILES string of the molecule is COc1ccc(-c2cc(C(=O)Cl)on2)cc1[N+](=O)[O-]. The van der Waals surface area contributed by atoms with Gasteiger partial charge in [0.15, 0.2) is 5.75 Å². The van der Waals surface area contributed by atoms with Crippen LogP contribution in [0.15, 0.2) is 28.8 Å². The molecule has 0 fully saturated rings. The second-order valence-corrected chi connectivity index (χ2v) is 3.84. The van der Waals surface area contributed by atoms with E-state index in [0.29, 0.717) is 5.56 Å². The lowest BCUT2D eigenvalue weighted by molar-refractivity contribution is -0.385. The number of rotatable bonds is 4. The van der Waals surface area contributed by atoms with Gasteiger partial charge in [0.2, 0.25) is 5.76 Å². The van der Waals surface area contributed by atoms with Crippen LogP contribution in [0.4, 0.5) is 5.69 Å². The topological polar surface area (TPSA) is 95.5 Å². The lowest BCUT2D eigenvalue weighted by Crippen LogP contribution is -1.94. The van der Waals surface area contributed by atoms with E-state index in [1.807, 2.05) is 0 Å². The Morgan fingerprint density at radius 2 is 2.21 bits per heavy atom. The van der Waals surface area contributed by atoms with Crippen molar-refractivity contribution < 1.29 is 19.0 Å². The van der Waals surface area contributed by atoms with Crippen LogP contribution in [0.1, 0.15) is 10.6 Å². The number of ether oxygens (including phenoxy) is 1. The van der Waals surface area contributed by atoms with Crippen molar-refractivity contribution in [2.24, 2.45) is 0 Å². The number of hydrogen-bond donors (Lipinski definition) is 0. The summed E-state index contributed by atoms with van der Waals surface area (Å²) in [6.45, 7) is 0. The van der Waals surface area contributed by atoms with Crippen molar-refractivity contribution in [2.45, 2.75) is 0 Å². The van der Waals surface area contributed by atoms with E-state index < -0.39 is 10.2 Å². The van der Waals surface area contributed by atoms with Crippen LogP contribution in [0, 0.1) is 10.1 Å². The van der Waals surface area contributed by atoms with Crippen molar-refractivity contribution >= 4 is 22.5 Å². The molecule has 2 rings (SSSR count). The number of nitro benzene ring substituents is 1. The maximum Gasteiger partial charge on any atom is 0.311 e. The Balaban J connectivity index is 2.47. The third-order valence-electron chi connectivity index (χ3n) is 2.38. The second kappa shape index (κ2) is 5.07. The van der Waals surface area contributed by atoms with Gasteiger partial charge in [-0.05, 0) is 23.7 Å². The normalized spacial score (nSPS) is 10.2. The molecule has 19 heavy (non-hydrogen) atoms. The minimum Gasteiger partial charge on any atom is -0.490 e. The Kier molecular flexibility index (Phi) is 3.48. The number of benzene rings is 1. The van der Waals surface area contributed by atoms with Crippen LogP contribution >= 0.6 is 11.6 Å². The van der Waals surface area contributed by atoms with Crippen LogP contribution in [-0.2, 0) is 0 Å². The first-order valence-electron chi connectivity index (χ1n) is 5.02. The summed E-state index contributed by atoms with van der Waals surface area (Å²) in [5.74, 6) is 0.000950. The summed E-state index contributed by atoms with van der Waals surface area (Å²) in [6, 6.07) is 5.58. The van der Waals surface area contributed by atoms with Crippen molar-refractivity contribution in [3.05, 3.63) is 40.1 Å². The van der Waals surface area contributed by atoms with Crippen LogP contribution in [0.2, 0.25) is 0 Å². The second-order valence-electron chi connectivity index (χ2n) is 3.49. The molecule has 0 unspecified atom stereocenters. The Labute approximate surface area is 111 Å². The average Bonchev–Trinajstić information content (AvgIpc) is 2.87. The van der Waals surface area contributed by atoms with Gasteiger partial charge < -0.3 is 9.26 Å². The van der Waals surface area contributed by atoms with E-state index in [1.165, 1.54) is 25.3 Å². The summed E-state index contributed by atoms with van der Waals surface area (Å²) in [6.07, 6.45) is 0. The molecule has 2 aromatic rings. The number of hydrogen-bond acceptors (Lipinski definition) is 6. The molecule has 0 saturated heterocycles. The van der Waals surface area contributed by atoms with Gasteiger partial charge in [-0.15, -0.1) is 0 Å². The number of halogens is 1. The van der Waals surface area contributed by atoms with Crippen molar-refractivity contribution in [1.29, 1.82) is 0 Å². The van der Waals surface area contributed by atoms with E-state index in [2.05, 4.69) is 5.16 Å². The molecule has 0 N–H and O–H groups in total. The van der Waals surface area contributed by atoms with E-state index in [4.69, 9.17) is 20.9 Å². The summed E-state index contributed by atoms with van der Waals surface area (Å²) in [7, 11) is 1.34. The Hall–Kier alpha value is -2.41. The van der Waals surface area contributed by atoms with Gasteiger partial charge in [0.05, 0.1) is 12.0 Å². The highest BCUT2D eigenvalue weighted by atomic mass is 35.5. The Bertz CT molecular complexity index is 652. The predicted octanol–water partition coefficient (Wildman–Crippen LogP) is 2.64. The number of nitro groups is 1. The summed E-state index contributed by atoms with van der Waals surface area (Å²) in [5, 5.41) is 13.7. The Morgan fingerprint density at radius 3 is 2.74 bits per heavy atom. The van der Waals surface area contributed by atoms with E-state index >= 15 is 0 Å². The molecule has 8 heteroatoms. The van der Waals surface area contributed by atoms with Crippen LogP contribution in [0.25, 0.3) is 11.3 Å². The van der Waals surface area contributed by atoms with Crippen molar-refractivity contribution in [1.82, 2.24) is 5.16 Å². The molecule has 0 aliphatic rings. The van der Waals surface area contributed by atoms with Crippen LogP contribution in [0.3, 0.4) is 0 Å². The fraction of sp³-hybridized carbons (Fsp3) is 0.0909. The molecule has 0 spiro atoms. The van der Waals surface area contributed by atoms with Gasteiger partial charge in [0.25, 0.3) is 5.24 Å². The molecule has 98 valence electrons. The highest BCUT2D eigenvalue weighted by Crippen LogP contribution is 2.31. The first kappa shape index (κ1) is 13.0. The van der Waals surface area contributed by atoms with Gasteiger partial charge in [-0.3, -0.25) is 14.9 Å². The molecule has 1 aromatic heterocycles. The molecule has 0 atom stereocenters. The van der Waals surface area contributed by atoms with E-state index in [-0.39, 0.29) is 22.9 Å². The van der Waals surface area contributed by atoms with E-state index in [1.54, 1.807) is 6.07 Å². The maximum atomic E-state index is 10.9. The van der Waals surface area contributed by atoms with E-state index in [9.17, 15) is 14.9 Å². The standard InChI is InChI=1S/C11H7ClN2O5/c1-18-9-3-2-6(4-8(9)14(16)17)7-5-10(11(12)15)19-13-7/h2-5H,1H3. The van der Waals surface area contributed by atoms with Crippen molar-refractivity contribution in [3.63, 3.8) is 0 Å². The van der Waals surface area contributed by atoms with Crippen molar-refractivity contribution in [2.75, 3.05) is 7.11 Å². The number of carbonyl (C=O) groups excluding carboxylic acids is 1. The monoisotopic (exact) mass is 282 g/mol. The highest BCUT2D eigenvalue weighted by Gasteiger charge is 2.18. The summed E-state index contributed by atoms with van der Waals surface area (Å²) in [4.78, 5) is 21.2. The number of aromatic nitrogens is 1. The molecular weight excluding hydrogens is 276 g/mol. The van der Waals surface area contributed by atoms with Crippen LogP contribution in [0.5, 0.6) is 5.75 Å². The molecule has 7 nitrogen and oxygen atoms in total. The zero-order valence-corrected chi connectivity index (χ0v) is 10.4. The first-order valence-corrected chi connectivity index (χ1v) is 5.40. The molecule has 1 heterocycles. The summed E-state index contributed by atoms with van der Waals surface area (Å²) in [5.41, 5.74) is 0.483. The predicted molar refractivity (Wildman–Crippen MR) is 65.3 cm³/mol. The number of nitrogens with zero attached hydrogens (tertiary/aromatic N) is 2. The molecule has 0 amide bonds.